The Morgan fingerprint density at radius 2 is 2.04 bits per heavy atom. The van der Waals surface area contributed by atoms with Gasteiger partial charge in [0.05, 0.1) is 22.6 Å². The molecule has 3 amide bonds. The van der Waals surface area contributed by atoms with Crippen molar-refractivity contribution in [3.63, 3.8) is 0 Å². The number of carbonyl (C=O) groups is 3. The van der Waals surface area contributed by atoms with Gasteiger partial charge in [0.25, 0.3) is 11.8 Å². The Morgan fingerprint density at radius 1 is 1.31 bits per heavy atom. The number of imide groups is 1. The van der Waals surface area contributed by atoms with Crippen molar-refractivity contribution in [2.24, 2.45) is 0 Å². The molecule has 0 aromatic heterocycles. The van der Waals surface area contributed by atoms with E-state index in [2.05, 4.69) is 0 Å². The average molecular weight is 382 g/mol. The fourth-order valence-corrected chi connectivity index (χ4v) is 5.24. The van der Waals surface area contributed by atoms with Gasteiger partial charge in [0.1, 0.15) is 5.82 Å². The number of hydrogen-bond acceptors (Lipinski definition) is 5. The van der Waals surface area contributed by atoms with Crippen LogP contribution >= 0.6 is 0 Å². The van der Waals surface area contributed by atoms with Crippen molar-refractivity contribution < 1.29 is 27.2 Å². The summed E-state index contributed by atoms with van der Waals surface area (Å²) in [6, 6.07) is 3.46. The Hall–Kier alpha value is -2.29. The van der Waals surface area contributed by atoms with Gasteiger partial charge in [-0.3, -0.25) is 19.3 Å². The first-order valence-corrected chi connectivity index (χ1v) is 10.2. The normalized spacial score (nSPS) is 21.2. The van der Waals surface area contributed by atoms with E-state index in [1.54, 1.807) is 6.92 Å². The van der Waals surface area contributed by atoms with Crippen molar-refractivity contribution in [1.29, 1.82) is 0 Å². The van der Waals surface area contributed by atoms with Crippen LogP contribution in [0.15, 0.2) is 18.2 Å². The van der Waals surface area contributed by atoms with E-state index in [0.29, 0.717) is 13.0 Å². The molecule has 26 heavy (non-hydrogen) atoms. The molecule has 7 nitrogen and oxygen atoms in total. The zero-order valence-electron chi connectivity index (χ0n) is 14.3. The molecule has 0 spiro atoms. The molecule has 1 atom stereocenters. The van der Waals surface area contributed by atoms with E-state index in [1.807, 2.05) is 0 Å². The van der Waals surface area contributed by atoms with Gasteiger partial charge in [0.15, 0.2) is 9.84 Å². The lowest BCUT2D eigenvalue weighted by Gasteiger charge is -2.27. The van der Waals surface area contributed by atoms with Crippen molar-refractivity contribution >= 4 is 27.6 Å². The lowest BCUT2D eigenvalue weighted by atomic mass is 10.1. The number of rotatable bonds is 5. The predicted octanol–water partition coefficient (Wildman–Crippen LogP) is 0.847. The van der Waals surface area contributed by atoms with Crippen molar-refractivity contribution in [1.82, 2.24) is 9.80 Å². The average Bonchev–Trinajstić information content (AvgIpc) is 3.05. The first-order valence-electron chi connectivity index (χ1n) is 8.39. The second-order valence-corrected chi connectivity index (χ2v) is 8.64. The molecule has 1 aromatic carbocycles. The van der Waals surface area contributed by atoms with Crippen LogP contribution in [0.1, 0.15) is 40.5 Å². The minimum atomic E-state index is -3.13. The third-order valence-corrected chi connectivity index (χ3v) is 6.56. The molecule has 0 saturated carbocycles. The fraction of sp³-hybridized carbons (Fsp3) is 0.471. The molecule has 1 fully saturated rings. The monoisotopic (exact) mass is 382 g/mol. The number of sulfone groups is 1. The lowest BCUT2D eigenvalue weighted by Crippen LogP contribution is -2.43. The molecule has 2 heterocycles. The Morgan fingerprint density at radius 3 is 2.62 bits per heavy atom. The zero-order chi connectivity index (χ0) is 19.1. The number of carbonyl (C=O) groups excluding carboxylic acids is 3. The van der Waals surface area contributed by atoms with E-state index in [1.165, 1.54) is 17.0 Å². The molecule has 0 aliphatic carbocycles. The SMILES string of the molecule is CCN(C(=O)CCN1C(=O)c2cccc(F)c2C1=O)C1CCS(=O)(=O)C1. The molecule has 1 aromatic rings. The van der Waals surface area contributed by atoms with Crippen LogP contribution in [0.25, 0.3) is 0 Å². The summed E-state index contributed by atoms with van der Waals surface area (Å²) in [5.41, 5.74) is -0.268. The largest absolute Gasteiger partial charge is 0.339 e. The minimum absolute atomic E-state index is 0.00307. The summed E-state index contributed by atoms with van der Waals surface area (Å²) >= 11 is 0. The topological polar surface area (TPSA) is 91.8 Å². The molecule has 140 valence electrons. The number of halogens is 1. The van der Waals surface area contributed by atoms with Crippen LogP contribution in [0.3, 0.4) is 0 Å². The molecule has 2 aliphatic heterocycles. The summed E-state index contributed by atoms with van der Waals surface area (Å²) in [7, 11) is -3.13. The van der Waals surface area contributed by atoms with Gasteiger partial charge in [-0.05, 0) is 25.5 Å². The zero-order valence-corrected chi connectivity index (χ0v) is 15.1. The van der Waals surface area contributed by atoms with Crippen LogP contribution in [0.5, 0.6) is 0 Å². The molecule has 1 unspecified atom stereocenters. The molecular formula is C17H19FN2O5S. The maximum absolute atomic E-state index is 13.8. The van der Waals surface area contributed by atoms with Crippen LogP contribution < -0.4 is 0 Å². The van der Waals surface area contributed by atoms with Crippen LogP contribution in [0, 0.1) is 5.82 Å². The summed E-state index contributed by atoms with van der Waals surface area (Å²) in [4.78, 5) is 39.4. The van der Waals surface area contributed by atoms with E-state index >= 15 is 0 Å². The standard InChI is InChI=1S/C17H19FN2O5S/c1-2-19(11-7-9-26(24,25)10-11)14(21)6-8-20-16(22)12-4-3-5-13(18)15(12)17(20)23/h3-5,11H,2,6-10H2,1H3. The van der Waals surface area contributed by atoms with E-state index in [9.17, 15) is 27.2 Å². The molecule has 0 radical (unpaired) electrons. The van der Waals surface area contributed by atoms with E-state index in [4.69, 9.17) is 0 Å². The Labute approximate surface area is 150 Å². The Kier molecular flexibility index (Phi) is 4.83. The van der Waals surface area contributed by atoms with E-state index in [0.717, 1.165) is 11.0 Å². The third kappa shape index (κ3) is 3.23. The number of benzene rings is 1. The van der Waals surface area contributed by atoms with Gasteiger partial charge < -0.3 is 4.90 Å². The van der Waals surface area contributed by atoms with E-state index < -0.39 is 27.5 Å². The van der Waals surface area contributed by atoms with Gasteiger partial charge in [-0.2, -0.15) is 0 Å². The maximum Gasteiger partial charge on any atom is 0.264 e. The summed E-state index contributed by atoms with van der Waals surface area (Å²) in [6.07, 6.45) is 0.262. The van der Waals surface area contributed by atoms with Crippen LogP contribution in [0.2, 0.25) is 0 Å². The summed E-state index contributed by atoms with van der Waals surface area (Å²) in [6.45, 7) is 1.93. The van der Waals surface area contributed by atoms with Crippen LogP contribution in [-0.4, -0.2) is 66.6 Å². The van der Waals surface area contributed by atoms with Crippen LogP contribution in [-0.2, 0) is 14.6 Å². The second-order valence-electron chi connectivity index (χ2n) is 6.41. The lowest BCUT2D eigenvalue weighted by molar-refractivity contribution is -0.132. The quantitative estimate of drug-likeness (QED) is 0.704. The minimum Gasteiger partial charge on any atom is -0.339 e. The van der Waals surface area contributed by atoms with Crippen molar-refractivity contribution in [3.05, 3.63) is 35.1 Å². The number of amides is 3. The first-order chi connectivity index (χ1) is 12.2. The number of fused-ring (bicyclic) bond motifs is 1. The van der Waals surface area contributed by atoms with Crippen molar-refractivity contribution in [2.45, 2.75) is 25.8 Å². The maximum atomic E-state index is 13.8. The van der Waals surface area contributed by atoms with Crippen molar-refractivity contribution in [3.8, 4) is 0 Å². The fourth-order valence-electron chi connectivity index (χ4n) is 3.51. The van der Waals surface area contributed by atoms with Gasteiger partial charge in [0, 0.05) is 25.6 Å². The predicted molar refractivity (Wildman–Crippen MR) is 90.8 cm³/mol. The smallest absolute Gasteiger partial charge is 0.264 e. The highest BCUT2D eigenvalue weighted by atomic mass is 32.2. The second kappa shape index (κ2) is 6.79. The highest BCUT2D eigenvalue weighted by Crippen LogP contribution is 2.25. The molecule has 2 aliphatic rings. The molecule has 0 N–H and O–H groups in total. The van der Waals surface area contributed by atoms with E-state index in [-0.39, 0.29) is 47.5 Å². The van der Waals surface area contributed by atoms with Gasteiger partial charge in [-0.25, -0.2) is 12.8 Å². The molecule has 1 saturated heterocycles. The molecule has 0 bridgehead atoms. The molecular weight excluding hydrogens is 363 g/mol. The summed E-state index contributed by atoms with van der Waals surface area (Å²) in [5.74, 6) is -2.47. The first kappa shape index (κ1) is 18.5. The van der Waals surface area contributed by atoms with Gasteiger partial charge in [-0.15, -0.1) is 0 Å². The molecule has 9 heteroatoms. The van der Waals surface area contributed by atoms with Gasteiger partial charge >= 0.3 is 0 Å². The Balaban J connectivity index is 1.67. The summed E-state index contributed by atoms with van der Waals surface area (Å²) in [5, 5.41) is 0. The third-order valence-electron chi connectivity index (χ3n) is 4.81. The van der Waals surface area contributed by atoms with Crippen LogP contribution in [0.4, 0.5) is 4.39 Å². The Bertz CT molecular complexity index is 883. The van der Waals surface area contributed by atoms with Gasteiger partial charge in [0.2, 0.25) is 5.91 Å². The molecule has 3 rings (SSSR count). The summed E-state index contributed by atoms with van der Waals surface area (Å²) < 4.78 is 37.1. The number of nitrogens with zero attached hydrogens (tertiary/aromatic N) is 2. The number of hydrogen-bond donors (Lipinski definition) is 0. The van der Waals surface area contributed by atoms with Crippen molar-refractivity contribution in [2.75, 3.05) is 24.6 Å². The van der Waals surface area contributed by atoms with Gasteiger partial charge in [-0.1, -0.05) is 6.07 Å². The highest BCUT2D eigenvalue weighted by molar-refractivity contribution is 7.91. The highest BCUT2D eigenvalue weighted by Gasteiger charge is 2.39.